The van der Waals surface area contributed by atoms with Gasteiger partial charge in [0, 0.05) is 6.92 Å². The van der Waals surface area contributed by atoms with Crippen LogP contribution in [0.15, 0.2) is 0 Å². The van der Waals surface area contributed by atoms with Crippen molar-refractivity contribution in [3.05, 3.63) is 11.4 Å². The maximum atomic E-state index is 6.47. The molecule has 0 aromatic rings. The number of rotatable bonds is 0. The summed E-state index contributed by atoms with van der Waals surface area (Å²) < 4.78 is 6.47. The molecule has 0 aliphatic rings. The molecule has 0 saturated heterocycles. The van der Waals surface area contributed by atoms with Crippen LogP contribution in [0.5, 0.6) is 0 Å². The summed E-state index contributed by atoms with van der Waals surface area (Å²) in [6.45, 7) is 7.06. The monoisotopic (exact) mass is 56.0 g/mol. The van der Waals surface area contributed by atoms with Crippen molar-refractivity contribution in [3.63, 3.8) is 0 Å². The minimum absolute atomic E-state index is 0.574. The predicted octanol–water partition coefficient (Wildman–Crippen LogP) is 0.926. The summed E-state index contributed by atoms with van der Waals surface area (Å²) in [4.78, 5) is 2.81. The van der Waals surface area contributed by atoms with E-state index < -0.39 is 6.52 Å². The molecular formula is C3H5N. The van der Waals surface area contributed by atoms with E-state index >= 15 is 0 Å². The molecule has 0 fully saturated rings. The fraction of sp³-hybridized carbons (Fsp3) is 0.667. The highest BCUT2D eigenvalue weighted by Gasteiger charge is 1.50. The highest BCUT2D eigenvalue weighted by Crippen LogP contribution is 1.52. The quantitative estimate of drug-likeness (QED) is 0.363. The summed E-state index contributed by atoms with van der Waals surface area (Å²) in [7, 11) is 0. The van der Waals surface area contributed by atoms with E-state index in [-0.39, 0.29) is 0 Å². The molecule has 0 amide bonds. The summed E-state index contributed by atoms with van der Waals surface area (Å²) >= 11 is 0. The van der Waals surface area contributed by atoms with Crippen molar-refractivity contribution in [3.8, 4) is 0 Å². The van der Waals surface area contributed by atoms with Gasteiger partial charge in [0.1, 0.15) is 1.37 Å². The molecule has 0 aliphatic carbocycles. The summed E-state index contributed by atoms with van der Waals surface area (Å²) in [5, 5.41) is 0. The Hall–Kier alpha value is -0.510. The summed E-state index contributed by atoms with van der Waals surface area (Å²) in [5.74, 6) is 0. The Morgan fingerprint density at radius 2 is 2.75 bits per heavy atom. The molecule has 0 spiro atoms. The lowest BCUT2D eigenvalue weighted by Crippen LogP contribution is -1.47. The van der Waals surface area contributed by atoms with Crippen LogP contribution in [0.2, 0.25) is 0 Å². The SMILES string of the molecule is [2H]C(C)[N+]#[C-]. The lowest BCUT2D eigenvalue weighted by atomic mass is 10.8. The minimum Gasteiger partial charge on any atom is -0.317 e. The molecular weight excluding hydrogens is 50.0 g/mol. The van der Waals surface area contributed by atoms with Gasteiger partial charge in [0.25, 0.3) is 0 Å². The number of nitrogens with zero attached hydrogens (tertiary/aromatic N) is 1. The molecule has 1 heteroatoms. The second-order valence-electron chi connectivity index (χ2n) is 0.387. The van der Waals surface area contributed by atoms with Gasteiger partial charge in [-0.05, 0) is 0 Å². The highest BCUT2D eigenvalue weighted by molar-refractivity contribution is 4.47. The van der Waals surface area contributed by atoms with Crippen molar-refractivity contribution in [2.45, 2.75) is 6.92 Å². The van der Waals surface area contributed by atoms with E-state index in [4.69, 9.17) is 7.94 Å². The van der Waals surface area contributed by atoms with Crippen LogP contribution in [0.1, 0.15) is 8.29 Å². The molecule has 1 atom stereocenters. The minimum atomic E-state index is -0.574. The number of hydrogen-bond donors (Lipinski definition) is 0. The van der Waals surface area contributed by atoms with Gasteiger partial charge in [0.05, 0.1) is 0 Å². The van der Waals surface area contributed by atoms with Crippen molar-refractivity contribution in [1.29, 1.82) is 0 Å². The van der Waals surface area contributed by atoms with Crippen LogP contribution in [0.25, 0.3) is 4.85 Å². The van der Waals surface area contributed by atoms with E-state index in [0.29, 0.717) is 0 Å². The first-order valence-corrected chi connectivity index (χ1v) is 1.06. The van der Waals surface area contributed by atoms with Crippen molar-refractivity contribution in [2.75, 3.05) is 6.52 Å². The van der Waals surface area contributed by atoms with Crippen molar-refractivity contribution in [2.24, 2.45) is 0 Å². The number of hydrogen-bond acceptors (Lipinski definition) is 0. The zero-order valence-electron chi connectivity index (χ0n) is 3.52. The maximum Gasteiger partial charge on any atom is 0.211 e. The van der Waals surface area contributed by atoms with Gasteiger partial charge in [-0.1, -0.05) is 0 Å². The molecule has 0 aromatic carbocycles. The molecule has 0 heterocycles. The van der Waals surface area contributed by atoms with Crippen LogP contribution in [0.4, 0.5) is 0 Å². The van der Waals surface area contributed by atoms with Crippen molar-refractivity contribution in [1.82, 2.24) is 0 Å². The first kappa shape index (κ1) is 1.78. The van der Waals surface area contributed by atoms with Crippen molar-refractivity contribution < 1.29 is 1.37 Å². The van der Waals surface area contributed by atoms with E-state index in [1.807, 2.05) is 0 Å². The lowest BCUT2D eigenvalue weighted by Gasteiger charge is -1.51. The summed E-state index contributed by atoms with van der Waals surface area (Å²) in [6.07, 6.45) is 0. The van der Waals surface area contributed by atoms with Crippen LogP contribution in [-0.4, -0.2) is 6.52 Å². The largest absolute Gasteiger partial charge is 0.317 e. The second-order valence-corrected chi connectivity index (χ2v) is 0.387. The van der Waals surface area contributed by atoms with Gasteiger partial charge in [0.15, 0.2) is 0 Å². The molecule has 0 radical (unpaired) electrons. The molecule has 1 nitrogen and oxygen atoms in total. The summed E-state index contributed by atoms with van der Waals surface area (Å²) in [6, 6.07) is 0. The standard InChI is InChI=1S/C3H5N/c1-3-4-2/h3H2,1H3/i3D. The molecule has 0 aromatic heterocycles. The average molecular weight is 56.1 g/mol. The fourth-order valence-corrected chi connectivity index (χ4v) is 0. The van der Waals surface area contributed by atoms with E-state index in [1.54, 1.807) is 0 Å². The summed E-state index contributed by atoms with van der Waals surface area (Å²) in [5.41, 5.74) is 0. The van der Waals surface area contributed by atoms with Gasteiger partial charge < -0.3 is 4.85 Å². The van der Waals surface area contributed by atoms with E-state index in [9.17, 15) is 0 Å². The van der Waals surface area contributed by atoms with Gasteiger partial charge in [-0.15, -0.1) is 0 Å². The third kappa shape index (κ3) is 1.49. The zero-order chi connectivity index (χ0) is 4.28. The molecule has 0 rings (SSSR count). The Morgan fingerprint density at radius 3 is 2.75 bits per heavy atom. The highest BCUT2D eigenvalue weighted by atomic mass is 14.6. The van der Waals surface area contributed by atoms with Crippen molar-refractivity contribution >= 4 is 0 Å². The first-order valence-electron chi connectivity index (χ1n) is 1.64. The smallest absolute Gasteiger partial charge is 0.211 e. The molecule has 0 aliphatic heterocycles. The molecule has 1 unspecified atom stereocenters. The Bertz CT molecular complexity index is 52.4. The molecule has 0 bridgehead atoms. The third-order valence-corrected chi connectivity index (χ3v) is 0.129. The van der Waals surface area contributed by atoms with Gasteiger partial charge in [-0.2, -0.15) is 0 Å². The molecule has 0 saturated carbocycles. The Balaban J connectivity index is 2.94. The van der Waals surface area contributed by atoms with Gasteiger partial charge in [0.2, 0.25) is 6.52 Å². The van der Waals surface area contributed by atoms with Gasteiger partial charge >= 0.3 is 0 Å². The van der Waals surface area contributed by atoms with E-state index in [0.717, 1.165) is 0 Å². The topological polar surface area (TPSA) is 4.36 Å². The Labute approximate surface area is 27.5 Å². The average Bonchev–Trinajstić information content (AvgIpc) is 1.38. The molecule has 22 valence electrons. The molecule has 4 heavy (non-hydrogen) atoms. The first-order chi connectivity index (χ1) is 2.27. The van der Waals surface area contributed by atoms with E-state index in [1.165, 1.54) is 6.92 Å². The normalized spacial score (nSPS) is 16.5. The van der Waals surface area contributed by atoms with Crippen LogP contribution in [0, 0.1) is 6.57 Å². The molecule has 0 N–H and O–H groups in total. The van der Waals surface area contributed by atoms with Gasteiger partial charge in [-0.25, -0.2) is 6.57 Å². The Morgan fingerprint density at radius 1 is 2.50 bits per heavy atom. The Kier molecular flexibility index (Phi) is 1.11. The van der Waals surface area contributed by atoms with E-state index in [2.05, 4.69) is 4.85 Å². The predicted molar refractivity (Wildman–Crippen MR) is 17.1 cm³/mol. The second kappa shape index (κ2) is 2.49. The van der Waals surface area contributed by atoms with Crippen LogP contribution in [-0.2, 0) is 0 Å². The van der Waals surface area contributed by atoms with Crippen LogP contribution in [0.3, 0.4) is 0 Å². The van der Waals surface area contributed by atoms with Crippen LogP contribution < -0.4 is 0 Å². The maximum absolute atomic E-state index is 6.47. The fourth-order valence-electron chi connectivity index (χ4n) is 0. The third-order valence-electron chi connectivity index (χ3n) is 0.129. The zero-order valence-corrected chi connectivity index (χ0v) is 2.52. The lowest BCUT2D eigenvalue weighted by molar-refractivity contribution is 1.35. The van der Waals surface area contributed by atoms with Crippen LogP contribution >= 0.6 is 0 Å². The van der Waals surface area contributed by atoms with Gasteiger partial charge in [-0.3, -0.25) is 0 Å².